The first kappa shape index (κ1) is 11.8. The van der Waals surface area contributed by atoms with Gasteiger partial charge in [-0.15, -0.1) is 0 Å². The molecule has 1 aliphatic rings. The van der Waals surface area contributed by atoms with Gasteiger partial charge in [-0.2, -0.15) is 0 Å². The summed E-state index contributed by atoms with van der Waals surface area (Å²) in [6.45, 7) is 1.07. The quantitative estimate of drug-likeness (QED) is 0.750. The van der Waals surface area contributed by atoms with Crippen molar-refractivity contribution in [2.24, 2.45) is 5.92 Å². The minimum Gasteiger partial charge on any atom is -0.497 e. The fraction of sp³-hybridized carbons (Fsp3) is 0.462. The van der Waals surface area contributed by atoms with E-state index in [0.29, 0.717) is 19.6 Å². The molecule has 1 unspecified atom stereocenters. The Labute approximate surface area is 100 Å². The van der Waals surface area contributed by atoms with E-state index in [0.717, 1.165) is 17.9 Å². The number of hydrogen-bond donors (Lipinski definition) is 0. The van der Waals surface area contributed by atoms with Gasteiger partial charge in [0.25, 0.3) is 0 Å². The number of methoxy groups -OCH3 is 1. The summed E-state index contributed by atoms with van der Waals surface area (Å²) < 4.78 is 15.6. The van der Waals surface area contributed by atoms with Crippen molar-refractivity contribution >= 4 is 5.97 Å². The van der Waals surface area contributed by atoms with Gasteiger partial charge in [0.15, 0.2) is 0 Å². The number of rotatable bonds is 4. The van der Waals surface area contributed by atoms with Gasteiger partial charge in [-0.25, -0.2) is 0 Å². The first-order chi connectivity index (χ1) is 8.28. The van der Waals surface area contributed by atoms with Crippen molar-refractivity contribution in [3.8, 4) is 11.5 Å². The van der Waals surface area contributed by atoms with Gasteiger partial charge in [0, 0.05) is 5.92 Å². The number of cyclic esters (lactones) is 1. The summed E-state index contributed by atoms with van der Waals surface area (Å²) in [5, 5.41) is 0. The SMILES string of the molecule is COc1ccc(OCC2CCOC(=O)C2)cc1. The van der Waals surface area contributed by atoms with E-state index < -0.39 is 0 Å². The minimum atomic E-state index is -0.125. The molecule has 4 nitrogen and oxygen atoms in total. The van der Waals surface area contributed by atoms with E-state index in [1.54, 1.807) is 7.11 Å². The monoisotopic (exact) mass is 236 g/mol. The predicted octanol–water partition coefficient (Wildman–Crippen LogP) is 2.03. The van der Waals surface area contributed by atoms with Crippen LogP contribution in [-0.2, 0) is 9.53 Å². The molecule has 17 heavy (non-hydrogen) atoms. The number of esters is 1. The fourth-order valence-corrected chi connectivity index (χ4v) is 1.76. The molecule has 0 aromatic heterocycles. The molecular formula is C13H16O4. The molecule has 1 atom stereocenters. The van der Waals surface area contributed by atoms with Crippen LogP contribution >= 0.6 is 0 Å². The van der Waals surface area contributed by atoms with E-state index in [1.807, 2.05) is 24.3 Å². The topological polar surface area (TPSA) is 44.8 Å². The lowest BCUT2D eigenvalue weighted by Crippen LogP contribution is -2.25. The molecule has 0 N–H and O–H groups in total. The Bertz CT molecular complexity index is 372. The lowest BCUT2D eigenvalue weighted by molar-refractivity contribution is -0.149. The molecule has 0 bridgehead atoms. The van der Waals surface area contributed by atoms with E-state index >= 15 is 0 Å². The number of carbonyl (C=O) groups is 1. The van der Waals surface area contributed by atoms with E-state index in [4.69, 9.17) is 14.2 Å². The Hall–Kier alpha value is -1.71. The van der Waals surface area contributed by atoms with Crippen molar-refractivity contribution in [1.82, 2.24) is 0 Å². The normalized spacial score (nSPS) is 19.6. The van der Waals surface area contributed by atoms with Gasteiger partial charge in [0.1, 0.15) is 11.5 Å². The first-order valence-corrected chi connectivity index (χ1v) is 5.70. The van der Waals surface area contributed by atoms with Crippen LogP contribution in [0.1, 0.15) is 12.8 Å². The maximum absolute atomic E-state index is 11.1. The van der Waals surface area contributed by atoms with Crippen molar-refractivity contribution in [1.29, 1.82) is 0 Å². The molecule has 4 heteroatoms. The van der Waals surface area contributed by atoms with Crippen LogP contribution in [-0.4, -0.2) is 26.3 Å². The van der Waals surface area contributed by atoms with Gasteiger partial charge < -0.3 is 14.2 Å². The average molecular weight is 236 g/mol. The average Bonchev–Trinajstić information content (AvgIpc) is 2.37. The van der Waals surface area contributed by atoms with Crippen LogP contribution in [0.3, 0.4) is 0 Å². The molecule has 1 heterocycles. The third-order valence-corrected chi connectivity index (χ3v) is 2.79. The summed E-state index contributed by atoms with van der Waals surface area (Å²) in [5.74, 6) is 1.74. The van der Waals surface area contributed by atoms with E-state index in [-0.39, 0.29) is 11.9 Å². The Morgan fingerprint density at radius 2 is 2.00 bits per heavy atom. The molecule has 1 saturated heterocycles. The third kappa shape index (κ3) is 3.37. The van der Waals surface area contributed by atoms with Gasteiger partial charge in [-0.05, 0) is 30.7 Å². The van der Waals surface area contributed by atoms with Gasteiger partial charge in [-0.3, -0.25) is 4.79 Å². The predicted molar refractivity (Wildman–Crippen MR) is 62.2 cm³/mol. The Morgan fingerprint density at radius 1 is 1.29 bits per heavy atom. The third-order valence-electron chi connectivity index (χ3n) is 2.79. The van der Waals surface area contributed by atoms with Gasteiger partial charge in [-0.1, -0.05) is 0 Å². The highest BCUT2D eigenvalue weighted by atomic mass is 16.5. The molecular weight excluding hydrogens is 220 g/mol. The number of ether oxygens (including phenoxy) is 3. The molecule has 2 rings (SSSR count). The maximum atomic E-state index is 11.1. The molecule has 1 aromatic rings. The summed E-state index contributed by atoms with van der Waals surface area (Å²) >= 11 is 0. The maximum Gasteiger partial charge on any atom is 0.306 e. The summed E-state index contributed by atoms with van der Waals surface area (Å²) in [4.78, 5) is 11.1. The number of hydrogen-bond acceptors (Lipinski definition) is 4. The van der Waals surface area contributed by atoms with Crippen LogP contribution < -0.4 is 9.47 Å². The molecule has 0 radical (unpaired) electrons. The second-order valence-electron chi connectivity index (χ2n) is 4.07. The van der Waals surface area contributed by atoms with E-state index in [2.05, 4.69) is 0 Å². The van der Waals surface area contributed by atoms with Gasteiger partial charge in [0.05, 0.1) is 26.7 Å². The number of benzene rings is 1. The lowest BCUT2D eigenvalue weighted by atomic mass is 10.0. The zero-order valence-corrected chi connectivity index (χ0v) is 9.85. The van der Waals surface area contributed by atoms with Crippen molar-refractivity contribution in [2.75, 3.05) is 20.3 Å². The van der Waals surface area contributed by atoms with Crippen molar-refractivity contribution < 1.29 is 19.0 Å². The summed E-state index contributed by atoms with van der Waals surface area (Å²) in [7, 11) is 1.63. The molecule has 1 aromatic carbocycles. The highest BCUT2D eigenvalue weighted by Crippen LogP contribution is 2.20. The summed E-state index contributed by atoms with van der Waals surface area (Å²) in [5.41, 5.74) is 0. The zero-order valence-electron chi connectivity index (χ0n) is 9.85. The fourth-order valence-electron chi connectivity index (χ4n) is 1.76. The van der Waals surface area contributed by atoms with Crippen LogP contribution in [0, 0.1) is 5.92 Å². The summed E-state index contributed by atoms with van der Waals surface area (Å²) in [6, 6.07) is 7.43. The van der Waals surface area contributed by atoms with Gasteiger partial charge >= 0.3 is 5.97 Å². The Kier molecular flexibility index (Phi) is 3.85. The molecule has 92 valence electrons. The Morgan fingerprint density at radius 3 is 2.65 bits per heavy atom. The first-order valence-electron chi connectivity index (χ1n) is 5.70. The van der Waals surface area contributed by atoms with Gasteiger partial charge in [0.2, 0.25) is 0 Å². The highest BCUT2D eigenvalue weighted by Gasteiger charge is 2.21. The van der Waals surface area contributed by atoms with E-state index in [1.165, 1.54) is 0 Å². The summed E-state index contributed by atoms with van der Waals surface area (Å²) in [6.07, 6.45) is 1.33. The molecule has 0 spiro atoms. The van der Waals surface area contributed by atoms with Crippen LogP contribution in [0.2, 0.25) is 0 Å². The zero-order chi connectivity index (χ0) is 12.1. The van der Waals surface area contributed by atoms with Crippen LogP contribution in [0.5, 0.6) is 11.5 Å². The molecule has 1 aliphatic heterocycles. The molecule has 0 saturated carbocycles. The second kappa shape index (κ2) is 5.57. The smallest absolute Gasteiger partial charge is 0.306 e. The lowest BCUT2D eigenvalue weighted by Gasteiger charge is -2.21. The standard InChI is InChI=1S/C13H16O4/c1-15-11-2-4-12(5-3-11)17-9-10-6-7-16-13(14)8-10/h2-5,10H,6-9H2,1H3. The molecule has 0 amide bonds. The molecule has 0 aliphatic carbocycles. The Balaban J connectivity index is 1.82. The van der Waals surface area contributed by atoms with Crippen LogP contribution in [0.15, 0.2) is 24.3 Å². The minimum absolute atomic E-state index is 0.125. The second-order valence-corrected chi connectivity index (χ2v) is 4.07. The van der Waals surface area contributed by atoms with E-state index in [9.17, 15) is 4.79 Å². The highest BCUT2D eigenvalue weighted by molar-refractivity contribution is 5.70. The largest absolute Gasteiger partial charge is 0.497 e. The van der Waals surface area contributed by atoms with Crippen molar-refractivity contribution in [3.63, 3.8) is 0 Å². The van der Waals surface area contributed by atoms with Crippen molar-refractivity contribution in [3.05, 3.63) is 24.3 Å². The molecule has 1 fully saturated rings. The number of carbonyl (C=O) groups excluding carboxylic acids is 1. The van der Waals surface area contributed by atoms with Crippen LogP contribution in [0.25, 0.3) is 0 Å². The van der Waals surface area contributed by atoms with Crippen LogP contribution in [0.4, 0.5) is 0 Å². The van der Waals surface area contributed by atoms with Crippen molar-refractivity contribution in [2.45, 2.75) is 12.8 Å².